The van der Waals surface area contributed by atoms with Gasteiger partial charge >= 0.3 is 5.97 Å². The molecule has 0 bridgehead atoms. The van der Waals surface area contributed by atoms with E-state index in [1.165, 1.54) is 6.08 Å². The maximum absolute atomic E-state index is 10.4. The molecule has 0 saturated heterocycles. The molecule has 16 heavy (non-hydrogen) atoms. The topological polar surface area (TPSA) is 49.3 Å². The van der Waals surface area contributed by atoms with Gasteiger partial charge in [0.1, 0.15) is 0 Å². The van der Waals surface area contributed by atoms with E-state index in [1.54, 1.807) is 0 Å². The Morgan fingerprint density at radius 3 is 2.38 bits per heavy atom. The molecule has 0 atom stereocenters. The van der Waals surface area contributed by atoms with E-state index in [2.05, 4.69) is 25.4 Å². The molecule has 0 spiro atoms. The van der Waals surface area contributed by atoms with Crippen LogP contribution in [-0.4, -0.2) is 35.2 Å². The van der Waals surface area contributed by atoms with Gasteiger partial charge in [0.2, 0.25) is 0 Å². The number of carboxylic acid groups (broad SMARTS) is 1. The first-order valence-corrected chi connectivity index (χ1v) is 6.88. The second-order valence-corrected chi connectivity index (χ2v) is 5.30. The highest BCUT2D eigenvalue weighted by Crippen LogP contribution is 2.29. The van der Waals surface area contributed by atoms with Crippen molar-refractivity contribution < 1.29 is 9.90 Å². The van der Waals surface area contributed by atoms with Crippen molar-refractivity contribution >= 4 is 17.7 Å². The highest BCUT2D eigenvalue weighted by molar-refractivity contribution is 8.00. The Morgan fingerprint density at radius 2 is 2.00 bits per heavy atom. The summed E-state index contributed by atoms with van der Waals surface area (Å²) in [6.07, 6.45) is 5.64. The molecule has 0 heterocycles. The van der Waals surface area contributed by atoms with Crippen LogP contribution >= 0.6 is 11.8 Å². The zero-order valence-electron chi connectivity index (χ0n) is 10.7. The molecule has 0 aromatic carbocycles. The van der Waals surface area contributed by atoms with Gasteiger partial charge in [-0.1, -0.05) is 19.4 Å². The quantitative estimate of drug-likeness (QED) is 0.645. The fraction of sp³-hybridized carbons (Fsp3) is 0.750. The summed E-state index contributed by atoms with van der Waals surface area (Å²) in [5, 5.41) is 11.9. The van der Waals surface area contributed by atoms with E-state index in [4.69, 9.17) is 5.11 Å². The molecular formula is C12H23NO2S. The maximum Gasteiger partial charge on any atom is 0.328 e. The van der Waals surface area contributed by atoms with Crippen molar-refractivity contribution in [2.75, 3.05) is 19.3 Å². The lowest BCUT2D eigenvalue weighted by Gasteiger charge is -2.30. The normalized spacial score (nSPS) is 12.9. The van der Waals surface area contributed by atoms with Crippen LogP contribution in [0.2, 0.25) is 0 Å². The average Bonchev–Trinajstić information content (AvgIpc) is 2.24. The summed E-state index contributed by atoms with van der Waals surface area (Å²) in [5.41, 5.74) is 0.856. The summed E-state index contributed by atoms with van der Waals surface area (Å²) >= 11 is 1.88. The van der Waals surface area contributed by atoms with Crippen LogP contribution in [0.15, 0.2) is 11.6 Å². The van der Waals surface area contributed by atoms with Gasteiger partial charge in [0.25, 0.3) is 0 Å². The lowest BCUT2D eigenvalue weighted by Crippen LogP contribution is -2.37. The van der Waals surface area contributed by atoms with E-state index in [0.717, 1.165) is 25.0 Å². The fourth-order valence-corrected chi connectivity index (χ4v) is 2.43. The van der Waals surface area contributed by atoms with Crippen LogP contribution in [-0.2, 0) is 4.79 Å². The van der Waals surface area contributed by atoms with Gasteiger partial charge < -0.3 is 10.4 Å². The Morgan fingerprint density at radius 1 is 1.44 bits per heavy atom. The molecule has 0 aromatic rings. The Balaban J connectivity index is 4.09. The number of carbonyl (C=O) groups is 1. The van der Waals surface area contributed by atoms with Gasteiger partial charge in [0.05, 0.1) is 0 Å². The molecule has 0 radical (unpaired) electrons. The zero-order valence-corrected chi connectivity index (χ0v) is 11.5. The molecule has 0 aliphatic rings. The minimum atomic E-state index is -0.874. The SMILES string of the molecule is CCC(CC)(CNCC(C)=CC(=O)O)SC. The van der Waals surface area contributed by atoms with Gasteiger partial charge in [0, 0.05) is 23.9 Å². The molecule has 0 fully saturated rings. The number of hydrogen-bond donors (Lipinski definition) is 2. The third kappa shape index (κ3) is 5.56. The van der Waals surface area contributed by atoms with Gasteiger partial charge in [0.15, 0.2) is 0 Å². The molecule has 4 heteroatoms. The first-order valence-electron chi connectivity index (χ1n) is 5.65. The molecule has 3 nitrogen and oxygen atoms in total. The molecule has 94 valence electrons. The van der Waals surface area contributed by atoms with E-state index < -0.39 is 5.97 Å². The lowest BCUT2D eigenvalue weighted by molar-refractivity contribution is -0.131. The molecule has 0 rings (SSSR count). The second kappa shape index (κ2) is 7.74. The van der Waals surface area contributed by atoms with E-state index >= 15 is 0 Å². The van der Waals surface area contributed by atoms with Gasteiger partial charge in [-0.15, -0.1) is 0 Å². The summed E-state index contributed by atoms with van der Waals surface area (Å²) in [4.78, 5) is 10.4. The minimum absolute atomic E-state index is 0.281. The van der Waals surface area contributed by atoms with Crippen LogP contribution in [0, 0.1) is 0 Å². The average molecular weight is 245 g/mol. The summed E-state index contributed by atoms with van der Waals surface area (Å²) in [7, 11) is 0. The summed E-state index contributed by atoms with van der Waals surface area (Å²) in [5.74, 6) is -0.874. The fourth-order valence-electron chi connectivity index (χ4n) is 1.61. The first-order chi connectivity index (χ1) is 7.49. The largest absolute Gasteiger partial charge is 0.478 e. The maximum atomic E-state index is 10.4. The summed E-state index contributed by atoms with van der Waals surface area (Å²) < 4.78 is 0.281. The lowest BCUT2D eigenvalue weighted by atomic mass is 10.0. The van der Waals surface area contributed by atoms with E-state index in [0.29, 0.717) is 6.54 Å². The Bertz CT molecular complexity index is 239. The number of rotatable bonds is 8. The van der Waals surface area contributed by atoms with Crippen LogP contribution in [0.1, 0.15) is 33.6 Å². The van der Waals surface area contributed by atoms with Crippen LogP contribution in [0.25, 0.3) is 0 Å². The van der Waals surface area contributed by atoms with Crippen LogP contribution < -0.4 is 5.32 Å². The summed E-state index contributed by atoms with van der Waals surface area (Å²) in [6, 6.07) is 0. The van der Waals surface area contributed by atoms with Crippen molar-refractivity contribution in [3.63, 3.8) is 0 Å². The molecule has 0 aliphatic carbocycles. The molecule has 2 N–H and O–H groups in total. The predicted octanol–water partition coefficient (Wildman–Crippen LogP) is 2.53. The van der Waals surface area contributed by atoms with E-state index in [9.17, 15) is 4.79 Å². The van der Waals surface area contributed by atoms with Gasteiger partial charge in [-0.2, -0.15) is 11.8 Å². The van der Waals surface area contributed by atoms with Crippen LogP contribution in [0.4, 0.5) is 0 Å². The number of nitrogens with one attached hydrogen (secondary N) is 1. The molecule has 0 aromatic heterocycles. The Kier molecular flexibility index (Phi) is 7.51. The Labute approximate surface area is 103 Å². The third-order valence-corrected chi connectivity index (χ3v) is 4.53. The van der Waals surface area contributed by atoms with E-state index in [1.807, 2.05) is 18.7 Å². The number of carboxylic acids is 1. The molecular weight excluding hydrogens is 222 g/mol. The van der Waals surface area contributed by atoms with Crippen LogP contribution in [0.3, 0.4) is 0 Å². The van der Waals surface area contributed by atoms with Crippen molar-refractivity contribution in [3.05, 3.63) is 11.6 Å². The minimum Gasteiger partial charge on any atom is -0.478 e. The Hall–Kier alpha value is -0.480. The van der Waals surface area contributed by atoms with Crippen molar-refractivity contribution in [2.24, 2.45) is 0 Å². The predicted molar refractivity (Wildman–Crippen MR) is 71.1 cm³/mol. The highest BCUT2D eigenvalue weighted by atomic mass is 32.2. The second-order valence-electron chi connectivity index (χ2n) is 4.03. The van der Waals surface area contributed by atoms with Crippen molar-refractivity contribution in [1.82, 2.24) is 5.32 Å². The first kappa shape index (κ1) is 15.5. The highest BCUT2D eigenvalue weighted by Gasteiger charge is 2.23. The van der Waals surface area contributed by atoms with Crippen molar-refractivity contribution in [1.29, 1.82) is 0 Å². The third-order valence-electron chi connectivity index (χ3n) is 2.94. The van der Waals surface area contributed by atoms with Gasteiger partial charge in [-0.05, 0) is 26.0 Å². The smallest absolute Gasteiger partial charge is 0.328 e. The molecule has 0 amide bonds. The molecule has 0 unspecified atom stereocenters. The number of thioether (sulfide) groups is 1. The molecule has 0 aliphatic heterocycles. The zero-order chi connectivity index (χ0) is 12.6. The van der Waals surface area contributed by atoms with Gasteiger partial charge in [-0.25, -0.2) is 4.79 Å². The molecule has 0 saturated carbocycles. The number of hydrogen-bond acceptors (Lipinski definition) is 3. The number of aliphatic carboxylic acids is 1. The van der Waals surface area contributed by atoms with Gasteiger partial charge in [-0.3, -0.25) is 0 Å². The van der Waals surface area contributed by atoms with Crippen molar-refractivity contribution in [3.8, 4) is 0 Å². The van der Waals surface area contributed by atoms with E-state index in [-0.39, 0.29) is 4.75 Å². The van der Waals surface area contributed by atoms with Crippen molar-refractivity contribution in [2.45, 2.75) is 38.4 Å². The monoisotopic (exact) mass is 245 g/mol. The van der Waals surface area contributed by atoms with Crippen LogP contribution in [0.5, 0.6) is 0 Å². The standard InChI is InChI=1S/C12H23NO2S/c1-5-12(6-2,16-4)9-13-8-10(3)7-11(14)15/h7,13H,5-6,8-9H2,1-4H3,(H,14,15). The summed E-state index contributed by atoms with van der Waals surface area (Å²) in [6.45, 7) is 7.80.